The molecule has 1 unspecified atom stereocenters. The smallest absolute Gasteiger partial charge is 0.223 e. The number of amides is 1. The van der Waals surface area contributed by atoms with Crippen molar-refractivity contribution in [3.8, 4) is 0 Å². The number of carbonyl (C=O) groups is 1. The molecule has 0 aromatic carbocycles. The van der Waals surface area contributed by atoms with Crippen molar-refractivity contribution in [1.82, 2.24) is 9.88 Å². The Bertz CT molecular complexity index is 323. The molecule has 1 aromatic rings. The summed E-state index contributed by atoms with van der Waals surface area (Å²) in [6.45, 7) is 3.02. The van der Waals surface area contributed by atoms with Gasteiger partial charge in [-0.3, -0.25) is 4.79 Å². The van der Waals surface area contributed by atoms with Gasteiger partial charge in [-0.1, -0.05) is 6.92 Å². The maximum Gasteiger partial charge on any atom is 0.223 e. The minimum Gasteiger partial charge on any atom is -0.333 e. The second-order valence-corrected chi connectivity index (χ2v) is 4.76. The molecule has 15 heavy (non-hydrogen) atoms. The van der Waals surface area contributed by atoms with Gasteiger partial charge in [0.15, 0.2) is 0 Å². The lowest BCUT2D eigenvalue weighted by Crippen LogP contribution is -2.38. The van der Waals surface area contributed by atoms with Crippen molar-refractivity contribution in [3.05, 3.63) is 16.6 Å². The average molecular weight is 224 g/mol. The maximum atomic E-state index is 11.8. The van der Waals surface area contributed by atoms with Gasteiger partial charge >= 0.3 is 0 Å². The molecule has 1 aromatic heterocycles. The second-order valence-electron chi connectivity index (χ2n) is 3.84. The molecular formula is C11H16N2OS. The molecular weight excluding hydrogens is 208 g/mol. The largest absolute Gasteiger partial charge is 0.333 e. The van der Waals surface area contributed by atoms with Crippen LogP contribution >= 0.6 is 11.3 Å². The van der Waals surface area contributed by atoms with Gasteiger partial charge in [0, 0.05) is 24.5 Å². The molecule has 0 N–H and O–H groups in total. The maximum absolute atomic E-state index is 11.8. The number of rotatable bonds is 3. The molecule has 2 heterocycles. The van der Waals surface area contributed by atoms with Crippen LogP contribution < -0.4 is 0 Å². The third-order valence-electron chi connectivity index (χ3n) is 2.86. The summed E-state index contributed by atoms with van der Waals surface area (Å²) in [7, 11) is 0. The lowest BCUT2D eigenvalue weighted by molar-refractivity contribution is -0.136. The lowest BCUT2D eigenvalue weighted by Gasteiger charge is -2.33. The summed E-state index contributed by atoms with van der Waals surface area (Å²) in [4.78, 5) is 18.1. The van der Waals surface area contributed by atoms with E-state index in [1.165, 1.54) is 0 Å². The Morgan fingerprint density at radius 2 is 2.47 bits per heavy atom. The van der Waals surface area contributed by atoms with Gasteiger partial charge < -0.3 is 4.90 Å². The summed E-state index contributed by atoms with van der Waals surface area (Å²) < 4.78 is 0. The molecule has 2 rings (SSSR count). The number of hydrogen-bond donors (Lipinski definition) is 0. The fraction of sp³-hybridized carbons (Fsp3) is 0.636. The highest BCUT2D eigenvalue weighted by Crippen LogP contribution is 2.29. The molecule has 1 aliphatic rings. The molecule has 82 valence electrons. The van der Waals surface area contributed by atoms with Crippen molar-refractivity contribution >= 4 is 17.2 Å². The Morgan fingerprint density at radius 1 is 1.60 bits per heavy atom. The quantitative estimate of drug-likeness (QED) is 0.790. The number of carbonyl (C=O) groups excluding carboxylic acids is 1. The predicted octanol–water partition coefficient (Wildman–Crippen LogP) is 2.61. The Morgan fingerprint density at radius 3 is 3.07 bits per heavy atom. The van der Waals surface area contributed by atoms with Crippen LogP contribution in [-0.2, 0) is 4.79 Å². The number of thiazole rings is 1. The molecule has 0 spiro atoms. The van der Waals surface area contributed by atoms with Crippen LogP contribution in [0.5, 0.6) is 0 Å². The van der Waals surface area contributed by atoms with E-state index >= 15 is 0 Å². The number of aromatic nitrogens is 1. The van der Waals surface area contributed by atoms with Gasteiger partial charge in [0.25, 0.3) is 0 Å². The normalized spacial score (nSPS) is 19.3. The zero-order valence-corrected chi connectivity index (χ0v) is 9.80. The molecule has 1 amide bonds. The molecule has 0 aliphatic carbocycles. The number of hydrogen-bond acceptors (Lipinski definition) is 3. The molecule has 3 nitrogen and oxygen atoms in total. The predicted molar refractivity (Wildman–Crippen MR) is 60.7 cm³/mol. The van der Waals surface area contributed by atoms with Crippen molar-refractivity contribution in [2.75, 3.05) is 6.54 Å². The van der Waals surface area contributed by atoms with Crippen LogP contribution in [0, 0.1) is 0 Å². The Balaban J connectivity index is 2.15. The first kappa shape index (κ1) is 10.6. The molecule has 1 fully saturated rings. The van der Waals surface area contributed by atoms with Gasteiger partial charge in [-0.15, -0.1) is 11.3 Å². The second kappa shape index (κ2) is 4.75. The fourth-order valence-electron chi connectivity index (χ4n) is 2.08. The zero-order chi connectivity index (χ0) is 10.7. The van der Waals surface area contributed by atoms with Crippen LogP contribution in [0.4, 0.5) is 0 Å². The van der Waals surface area contributed by atoms with Crippen LogP contribution in [0.15, 0.2) is 11.6 Å². The average Bonchev–Trinajstić information content (AvgIpc) is 2.75. The van der Waals surface area contributed by atoms with E-state index in [9.17, 15) is 4.79 Å². The Labute approximate surface area is 94.1 Å². The highest BCUT2D eigenvalue weighted by Gasteiger charge is 2.27. The third-order valence-corrected chi connectivity index (χ3v) is 3.74. The van der Waals surface area contributed by atoms with E-state index in [4.69, 9.17) is 0 Å². The summed E-state index contributed by atoms with van der Waals surface area (Å²) in [6.07, 6.45) is 5.66. The van der Waals surface area contributed by atoms with E-state index in [0.717, 1.165) is 30.8 Å². The van der Waals surface area contributed by atoms with E-state index in [0.29, 0.717) is 12.3 Å². The monoisotopic (exact) mass is 224 g/mol. The van der Waals surface area contributed by atoms with E-state index in [2.05, 4.69) is 11.9 Å². The van der Waals surface area contributed by atoms with Crippen LogP contribution in [0.2, 0.25) is 0 Å². The molecule has 1 atom stereocenters. The fourth-order valence-corrected chi connectivity index (χ4v) is 2.92. The van der Waals surface area contributed by atoms with Gasteiger partial charge in [-0.05, 0) is 19.3 Å². The van der Waals surface area contributed by atoms with E-state index < -0.39 is 0 Å². The first-order valence-corrected chi connectivity index (χ1v) is 6.39. The van der Waals surface area contributed by atoms with E-state index in [1.54, 1.807) is 11.3 Å². The highest BCUT2D eigenvalue weighted by molar-refractivity contribution is 7.09. The first-order chi connectivity index (χ1) is 7.33. The van der Waals surface area contributed by atoms with Gasteiger partial charge in [0.2, 0.25) is 5.91 Å². The summed E-state index contributed by atoms with van der Waals surface area (Å²) >= 11 is 1.65. The lowest BCUT2D eigenvalue weighted by atomic mass is 10.1. The van der Waals surface area contributed by atoms with Crippen molar-refractivity contribution < 1.29 is 4.79 Å². The summed E-state index contributed by atoms with van der Waals surface area (Å²) in [5, 5.41) is 3.06. The van der Waals surface area contributed by atoms with Crippen molar-refractivity contribution in [3.63, 3.8) is 0 Å². The van der Waals surface area contributed by atoms with Crippen LogP contribution in [0.3, 0.4) is 0 Å². The summed E-state index contributed by atoms with van der Waals surface area (Å²) in [6, 6.07) is 0.206. The molecule has 4 heteroatoms. The SMILES string of the molecule is CCC(c1nccs1)N1CCCCC1=O. The van der Waals surface area contributed by atoms with Crippen LogP contribution in [0.1, 0.15) is 43.7 Å². The minimum absolute atomic E-state index is 0.206. The molecule has 1 saturated heterocycles. The van der Waals surface area contributed by atoms with Gasteiger partial charge in [-0.2, -0.15) is 0 Å². The van der Waals surface area contributed by atoms with Crippen LogP contribution in [0.25, 0.3) is 0 Å². The topological polar surface area (TPSA) is 33.2 Å². The highest BCUT2D eigenvalue weighted by atomic mass is 32.1. The van der Waals surface area contributed by atoms with Crippen LogP contribution in [-0.4, -0.2) is 22.3 Å². The van der Waals surface area contributed by atoms with E-state index in [1.807, 2.05) is 16.5 Å². The third kappa shape index (κ3) is 2.20. The summed E-state index contributed by atoms with van der Waals surface area (Å²) in [5.74, 6) is 0.295. The molecule has 0 radical (unpaired) electrons. The number of piperidine rings is 1. The van der Waals surface area contributed by atoms with Gasteiger partial charge in [0.05, 0.1) is 6.04 Å². The Kier molecular flexibility index (Phi) is 3.36. The molecule has 0 saturated carbocycles. The standard InChI is InChI=1S/C11H16N2OS/c1-2-9(11-12-6-8-15-11)13-7-4-3-5-10(13)14/h6,8-9H,2-5,7H2,1H3. The number of likely N-dealkylation sites (tertiary alicyclic amines) is 1. The minimum atomic E-state index is 0.206. The van der Waals surface area contributed by atoms with E-state index in [-0.39, 0.29) is 6.04 Å². The van der Waals surface area contributed by atoms with Crippen molar-refractivity contribution in [1.29, 1.82) is 0 Å². The number of nitrogens with zero attached hydrogens (tertiary/aromatic N) is 2. The zero-order valence-electron chi connectivity index (χ0n) is 8.98. The van der Waals surface area contributed by atoms with Crippen molar-refractivity contribution in [2.45, 2.75) is 38.6 Å². The van der Waals surface area contributed by atoms with Gasteiger partial charge in [-0.25, -0.2) is 4.98 Å². The Hall–Kier alpha value is -0.900. The summed E-state index contributed by atoms with van der Waals surface area (Å²) in [5.41, 5.74) is 0. The molecule has 0 bridgehead atoms. The first-order valence-electron chi connectivity index (χ1n) is 5.51. The van der Waals surface area contributed by atoms with Gasteiger partial charge in [0.1, 0.15) is 5.01 Å². The van der Waals surface area contributed by atoms with Crippen molar-refractivity contribution in [2.24, 2.45) is 0 Å². The molecule has 1 aliphatic heterocycles.